The first-order valence-corrected chi connectivity index (χ1v) is 6.65. The number of carbonyl (C=O) groups excluding carboxylic acids is 1. The summed E-state index contributed by atoms with van der Waals surface area (Å²) >= 11 is 5.83. The van der Waals surface area contributed by atoms with Gasteiger partial charge in [-0.3, -0.25) is 9.78 Å². The summed E-state index contributed by atoms with van der Waals surface area (Å²) in [7, 11) is 0. The third-order valence-corrected chi connectivity index (χ3v) is 3.01. The Morgan fingerprint density at radius 3 is 2.76 bits per heavy atom. The Kier molecular flexibility index (Phi) is 4.90. The van der Waals surface area contributed by atoms with Gasteiger partial charge in [-0.05, 0) is 36.2 Å². The molecule has 2 aromatic rings. The molecule has 0 bridgehead atoms. The van der Waals surface area contributed by atoms with Gasteiger partial charge in [0.15, 0.2) is 0 Å². The van der Waals surface area contributed by atoms with E-state index in [9.17, 15) is 9.59 Å². The number of aryl methyl sites for hydroxylation is 1. The van der Waals surface area contributed by atoms with Gasteiger partial charge < -0.3 is 10.4 Å². The molecule has 1 aromatic heterocycles. The van der Waals surface area contributed by atoms with E-state index in [-0.39, 0.29) is 22.9 Å². The molecule has 0 saturated carbocycles. The molecule has 0 fully saturated rings. The number of nitrogens with zero attached hydrogens (tertiary/aromatic N) is 1. The fraction of sp³-hybridized carbons (Fsp3) is 0.133. The second-order valence-electron chi connectivity index (χ2n) is 4.44. The van der Waals surface area contributed by atoms with E-state index in [0.717, 1.165) is 5.56 Å². The Morgan fingerprint density at radius 2 is 2.10 bits per heavy atom. The lowest BCUT2D eigenvalue weighted by atomic mass is 10.1. The van der Waals surface area contributed by atoms with Gasteiger partial charge in [-0.2, -0.15) is 0 Å². The van der Waals surface area contributed by atoms with Gasteiger partial charge in [0.05, 0.1) is 5.56 Å². The van der Waals surface area contributed by atoms with Crippen molar-refractivity contribution in [3.8, 4) is 0 Å². The predicted molar refractivity (Wildman–Crippen MR) is 79.6 cm³/mol. The number of hydrogen-bond donors (Lipinski definition) is 2. The zero-order valence-corrected chi connectivity index (χ0v) is 11.8. The first kappa shape index (κ1) is 15.0. The fourth-order valence-electron chi connectivity index (χ4n) is 1.81. The summed E-state index contributed by atoms with van der Waals surface area (Å²) in [5.41, 5.74) is 1.37. The van der Waals surface area contributed by atoms with E-state index in [0.29, 0.717) is 12.1 Å². The summed E-state index contributed by atoms with van der Waals surface area (Å²) in [4.78, 5) is 26.8. The number of carbonyl (C=O) groups is 2. The molecule has 0 atom stereocenters. The molecule has 0 aliphatic rings. The molecule has 2 rings (SSSR count). The maximum Gasteiger partial charge on any atom is 0.335 e. The summed E-state index contributed by atoms with van der Waals surface area (Å²) in [6.45, 7) is 0. The molecule has 108 valence electrons. The maximum atomic E-state index is 11.9. The van der Waals surface area contributed by atoms with Crippen LogP contribution in [0.25, 0.3) is 0 Å². The topological polar surface area (TPSA) is 79.3 Å². The minimum absolute atomic E-state index is 0.0325. The van der Waals surface area contributed by atoms with Crippen LogP contribution in [-0.4, -0.2) is 22.0 Å². The Labute approximate surface area is 126 Å². The Hall–Kier alpha value is -2.40. The van der Waals surface area contributed by atoms with E-state index in [1.54, 1.807) is 12.4 Å². The summed E-state index contributed by atoms with van der Waals surface area (Å²) < 4.78 is 0. The molecule has 1 amide bonds. The second kappa shape index (κ2) is 6.85. The lowest BCUT2D eigenvalue weighted by molar-refractivity contribution is -0.116. The first-order chi connectivity index (χ1) is 10.0. The normalized spacial score (nSPS) is 10.1. The number of halogens is 1. The quantitative estimate of drug-likeness (QED) is 0.890. The summed E-state index contributed by atoms with van der Waals surface area (Å²) in [6, 6.07) is 7.91. The van der Waals surface area contributed by atoms with Crippen LogP contribution < -0.4 is 5.32 Å². The van der Waals surface area contributed by atoms with Crippen molar-refractivity contribution in [2.45, 2.75) is 12.8 Å². The summed E-state index contributed by atoms with van der Waals surface area (Å²) in [6.07, 6.45) is 4.21. The zero-order chi connectivity index (χ0) is 15.2. The van der Waals surface area contributed by atoms with E-state index in [4.69, 9.17) is 16.7 Å². The van der Waals surface area contributed by atoms with Gasteiger partial charge in [-0.15, -0.1) is 0 Å². The van der Waals surface area contributed by atoms with Crippen LogP contribution in [0.4, 0.5) is 5.69 Å². The lowest BCUT2D eigenvalue weighted by Gasteiger charge is -2.07. The lowest BCUT2D eigenvalue weighted by Crippen LogP contribution is -2.13. The fourth-order valence-corrected chi connectivity index (χ4v) is 2.05. The van der Waals surface area contributed by atoms with Crippen molar-refractivity contribution in [1.82, 2.24) is 4.98 Å². The van der Waals surface area contributed by atoms with Gasteiger partial charge in [0.25, 0.3) is 0 Å². The molecule has 0 aliphatic carbocycles. The van der Waals surface area contributed by atoms with Gasteiger partial charge in [-0.1, -0.05) is 17.7 Å². The molecule has 0 saturated heterocycles. The number of nitrogens with one attached hydrogen (secondary N) is 1. The molecular formula is C15H13ClN2O3. The molecule has 0 radical (unpaired) electrons. The van der Waals surface area contributed by atoms with Crippen LogP contribution in [0.1, 0.15) is 22.3 Å². The number of amides is 1. The van der Waals surface area contributed by atoms with Gasteiger partial charge in [0.2, 0.25) is 5.91 Å². The third kappa shape index (κ3) is 4.57. The van der Waals surface area contributed by atoms with Crippen molar-refractivity contribution < 1.29 is 14.7 Å². The van der Waals surface area contributed by atoms with E-state index in [2.05, 4.69) is 10.3 Å². The van der Waals surface area contributed by atoms with Crippen LogP contribution in [0.2, 0.25) is 5.02 Å². The standard InChI is InChI=1S/C15H13ClN2O3/c16-12-6-11(15(20)21)7-13(8-12)18-14(19)4-3-10-2-1-5-17-9-10/h1-2,5-9H,3-4H2,(H,18,19)(H,20,21). The Bertz CT molecular complexity index is 659. The number of carboxylic acids is 1. The van der Waals surface area contributed by atoms with Gasteiger partial charge >= 0.3 is 5.97 Å². The highest BCUT2D eigenvalue weighted by Gasteiger charge is 2.09. The average Bonchev–Trinajstić information content (AvgIpc) is 2.45. The van der Waals surface area contributed by atoms with Gasteiger partial charge in [-0.25, -0.2) is 4.79 Å². The second-order valence-corrected chi connectivity index (χ2v) is 4.88. The highest BCUT2D eigenvalue weighted by molar-refractivity contribution is 6.31. The molecule has 21 heavy (non-hydrogen) atoms. The average molecular weight is 305 g/mol. The predicted octanol–water partition coefficient (Wildman–Crippen LogP) is 3.00. The van der Waals surface area contributed by atoms with Gasteiger partial charge in [0.1, 0.15) is 0 Å². The summed E-state index contributed by atoms with van der Waals surface area (Å²) in [5.74, 6) is -1.30. The minimum atomic E-state index is -1.09. The molecule has 6 heteroatoms. The molecular weight excluding hydrogens is 292 g/mol. The van der Waals surface area contributed by atoms with Gasteiger partial charge in [0, 0.05) is 29.5 Å². The molecule has 2 N–H and O–H groups in total. The van der Waals surface area contributed by atoms with Crippen molar-refractivity contribution in [3.05, 3.63) is 58.9 Å². The Morgan fingerprint density at radius 1 is 1.29 bits per heavy atom. The monoisotopic (exact) mass is 304 g/mol. The van der Waals surface area contributed by atoms with Crippen molar-refractivity contribution >= 4 is 29.2 Å². The number of rotatable bonds is 5. The molecule has 0 aliphatic heterocycles. The highest BCUT2D eigenvalue weighted by atomic mass is 35.5. The van der Waals surface area contributed by atoms with Crippen molar-refractivity contribution in [3.63, 3.8) is 0 Å². The van der Waals surface area contributed by atoms with E-state index >= 15 is 0 Å². The van der Waals surface area contributed by atoms with E-state index in [1.165, 1.54) is 18.2 Å². The minimum Gasteiger partial charge on any atom is -0.478 e. The number of benzene rings is 1. The SMILES string of the molecule is O=C(CCc1cccnc1)Nc1cc(Cl)cc(C(=O)O)c1. The van der Waals surface area contributed by atoms with Crippen molar-refractivity contribution in [2.75, 3.05) is 5.32 Å². The van der Waals surface area contributed by atoms with E-state index in [1.807, 2.05) is 12.1 Å². The number of pyridine rings is 1. The van der Waals surface area contributed by atoms with Crippen LogP contribution in [-0.2, 0) is 11.2 Å². The molecule has 0 unspecified atom stereocenters. The number of aromatic carboxylic acids is 1. The maximum absolute atomic E-state index is 11.9. The van der Waals surface area contributed by atoms with Crippen LogP contribution in [0.3, 0.4) is 0 Å². The largest absolute Gasteiger partial charge is 0.478 e. The third-order valence-electron chi connectivity index (χ3n) is 2.79. The van der Waals surface area contributed by atoms with Crippen molar-refractivity contribution in [2.24, 2.45) is 0 Å². The van der Waals surface area contributed by atoms with Crippen LogP contribution in [0.15, 0.2) is 42.7 Å². The van der Waals surface area contributed by atoms with Crippen LogP contribution in [0.5, 0.6) is 0 Å². The molecule has 1 aromatic carbocycles. The van der Waals surface area contributed by atoms with Crippen molar-refractivity contribution in [1.29, 1.82) is 0 Å². The summed E-state index contributed by atoms with van der Waals surface area (Å²) in [5, 5.41) is 11.8. The first-order valence-electron chi connectivity index (χ1n) is 6.27. The number of carboxylic acid groups (broad SMARTS) is 1. The number of anilines is 1. The number of hydrogen-bond acceptors (Lipinski definition) is 3. The molecule has 1 heterocycles. The van der Waals surface area contributed by atoms with E-state index < -0.39 is 5.97 Å². The number of aromatic nitrogens is 1. The Balaban J connectivity index is 1.98. The van der Waals surface area contributed by atoms with Crippen LogP contribution >= 0.6 is 11.6 Å². The smallest absolute Gasteiger partial charge is 0.335 e. The highest BCUT2D eigenvalue weighted by Crippen LogP contribution is 2.19. The molecule has 5 nitrogen and oxygen atoms in total. The zero-order valence-electron chi connectivity index (χ0n) is 11.0. The molecule has 0 spiro atoms. The van der Waals surface area contributed by atoms with Crippen LogP contribution in [0, 0.1) is 0 Å².